The number of aldehydes is 1. The molecule has 0 aromatic heterocycles. The van der Waals surface area contributed by atoms with Crippen molar-refractivity contribution in [2.45, 2.75) is 38.7 Å². The van der Waals surface area contributed by atoms with Crippen LogP contribution in [0, 0.1) is 5.92 Å². The van der Waals surface area contributed by atoms with Crippen LogP contribution >= 0.6 is 0 Å². The van der Waals surface area contributed by atoms with Crippen molar-refractivity contribution in [3.8, 4) is 0 Å². The van der Waals surface area contributed by atoms with Crippen LogP contribution in [0.5, 0.6) is 0 Å². The van der Waals surface area contributed by atoms with Crippen molar-refractivity contribution < 1.29 is 9.53 Å². The Balaban J connectivity index is 2.25. The zero-order valence-electron chi connectivity index (χ0n) is 7.08. The molecule has 11 heavy (non-hydrogen) atoms. The first-order chi connectivity index (χ1) is 5.38. The number of unbranched alkanes of at least 4 members (excludes halogenated alkanes) is 1. The van der Waals surface area contributed by atoms with Crippen molar-refractivity contribution in [2.75, 3.05) is 6.61 Å². The number of rotatable bonds is 4. The topological polar surface area (TPSA) is 26.3 Å². The lowest BCUT2D eigenvalue weighted by atomic mass is 9.99. The highest BCUT2D eigenvalue weighted by molar-refractivity contribution is 5.54. The van der Waals surface area contributed by atoms with E-state index >= 15 is 0 Å². The molecule has 1 saturated heterocycles. The molecule has 0 aliphatic carbocycles. The minimum atomic E-state index is 0.182. The van der Waals surface area contributed by atoms with E-state index < -0.39 is 0 Å². The molecule has 2 nitrogen and oxygen atoms in total. The van der Waals surface area contributed by atoms with Crippen molar-refractivity contribution in [1.82, 2.24) is 0 Å². The summed E-state index contributed by atoms with van der Waals surface area (Å²) in [5.74, 6) is 0.182. The molecule has 64 valence electrons. The standard InChI is InChI=1S/C9H16O2/c1-2-3-4-9-8(7-10)5-6-11-9/h7-9H,2-6H2,1H3/t8-,9-/m1/s1. The van der Waals surface area contributed by atoms with E-state index in [1.54, 1.807) is 0 Å². The summed E-state index contributed by atoms with van der Waals surface area (Å²) in [7, 11) is 0. The molecule has 0 unspecified atom stereocenters. The van der Waals surface area contributed by atoms with Gasteiger partial charge in [0.15, 0.2) is 0 Å². The fourth-order valence-electron chi connectivity index (χ4n) is 1.52. The molecule has 1 heterocycles. The van der Waals surface area contributed by atoms with E-state index in [1.165, 1.54) is 12.8 Å². The van der Waals surface area contributed by atoms with Gasteiger partial charge < -0.3 is 9.53 Å². The summed E-state index contributed by atoms with van der Waals surface area (Å²) >= 11 is 0. The molecule has 2 atom stereocenters. The third-order valence-electron chi connectivity index (χ3n) is 2.28. The largest absolute Gasteiger partial charge is 0.377 e. The van der Waals surface area contributed by atoms with E-state index in [-0.39, 0.29) is 12.0 Å². The van der Waals surface area contributed by atoms with Crippen LogP contribution in [0.25, 0.3) is 0 Å². The van der Waals surface area contributed by atoms with Crippen molar-refractivity contribution >= 4 is 6.29 Å². The molecule has 1 rings (SSSR count). The zero-order valence-corrected chi connectivity index (χ0v) is 7.08. The predicted molar refractivity (Wildman–Crippen MR) is 43.4 cm³/mol. The van der Waals surface area contributed by atoms with Crippen LogP contribution in [0.2, 0.25) is 0 Å². The first kappa shape index (κ1) is 8.72. The van der Waals surface area contributed by atoms with Gasteiger partial charge in [0.1, 0.15) is 6.29 Å². The highest BCUT2D eigenvalue weighted by Gasteiger charge is 2.26. The van der Waals surface area contributed by atoms with Crippen molar-refractivity contribution in [3.05, 3.63) is 0 Å². The normalized spacial score (nSPS) is 30.6. The Morgan fingerprint density at radius 1 is 1.64 bits per heavy atom. The Hall–Kier alpha value is -0.370. The molecule has 1 aliphatic rings. The van der Waals surface area contributed by atoms with Crippen LogP contribution in [-0.2, 0) is 9.53 Å². The summed E-state index contributed by atoms with van der Waals surface area (Å²) in [5.41, 5.74) is 0. The van der Waals surface area contributed by atoms with Crippen molar-refractivity contribution in [1.29, 1.82) is 0 Å². The van der Waals surface area contributed by atoms with Gasteiger partial charge in [-0.25, -0.2) is 0 Å². The zero-order chi connectivity index (χ0) is 8.10. The van der Waals surface area contributed by atoms with Crippen LogP contribution in [0.15, 0.2) is 0 Å². The Labute approximate surface area is 67.9 Å². The number of carbonyl (C=O) groups excluding carboxylic acids is 1. The highest BCUT2D eigenvalue weighted by Crippen LogP contribution is 2.22. The SMILES string of the molecule is CCCC[C@H]1OCC[C@@H]1C=O. The van der Waals surface area contributed by atoms with Gasteiger partial charge in [0.25, 0.3) is 0 Å². The summed E-state index contributed by atoms with van der Waals surface area (Å²) < 4.78 is 5.43. The molecule has 0 saturated carbocycles. The lowest BCUT2D eigenvalue weighted by Crippen LogP contribution is -2.16. The lowest BCUT2D eigenvalue weighted by molar-refractivity contribution is -0.112. The van der Waals surface area contributed by atoms with Gasteiger partial charge in [-0.2, -0.15) is 0 Å². The minimum absolute atomic E-state index is 0.182. The van der Waals surface area contributed by atoms with Gasteiger partial charge in [0.05, 0.1) is 6.10 Å². The predicted octanol–water partition coefficient (Wildman–Crippen LogP) is 1.78. The fraction of sp³-hybridized carbons (Fsp3) is 0.889. The first-order valence-corrected chi connectivity index (χ1v) is 4.45. The van der Waals surface area contributed by atoms with E-state index in [2.05, 4.69) is 6.92 Å². The number of carbonyl (C=O) groups is 1. The second-order valence-electron chi connectivity index (χ2n) is 3.14. The molecule has 0 bridgehead atoms. The first-order valence-electron chi connectivity index (χ1n) is 4.45. The van der Waals surface area contributed by atoms with Gasteiger partial charge in [-0.1, -0.05) is 19.8 Å². The Kier molecular flexibility index (Phi) is 3.57. The third kappa shape index (κ3) is 2.29. The monoisotopic (exact) mass is 156 g/mol. The van der Waals surface area contributed by atoms with Crippen LogP contribution < -0.4 is 0 Å². The van der Waals surface area contributed by atoms with Gasteiger partial charge in [-0.15, -0.1) is 0 Å². The fourth-order valence-corrected chi connectivity index (χ4v) is 1.52. The Morgan fingerprint density at radius 3 is 3.09 bits per heavy atom. The molecule has 0 radical (unpaired) electrons. The van der Waals surface area contributed by atoms with Crippen LogP contribution in [-0.4, -0.2) is 19.0 Å². The number of ether oxygens (including phenoxy) is 1. The molecule has 2 heteroatoms. The molecular weight excluding hydrogens is 140 g/mol. The Morgan fingerprint density at radius 2 is 2.45 bits per heavy atom. The number of hydrogen-bond acceptors (Lipinski definition) is 2. The van der Waals surface area contributed by atoms with Crippen molar-refractivity contribution in [2.24, 2.45) is 5.92 Å². The second kappa shape index (κ2) is 4.50. The highest BCUT2D eigenvalue weighted by atomic mass is 16.5. The van der Waals surface area contributed by atoms with Gasteiger partial charge in [-0.3, -0.25) is 0 Å². The molecule has 0 aromatic rings. The van der Waals surface area contributed by atoms with E-state index in [9.17, 15) is 4.79 Å². The summed E-state index contributed by atoms with van der Waals surface area (Å²) in [6.45, 7) is 2.93. The summed E-state index contributed by atoms with van der Waals surface area (Å²) in [6.07, 6.45) is 5.62. The average molecular weight is 156 g/mol. The maximum absolute atomic E-state index is 10.5. The third-order valence-corrected chi connectivity index (χ3v) is 2.28. The maximum Gasteiger partial charge on any atom is 0.125 e. The molecule has 0 amide bonds. The molecule has 1 aliphatic heterocycles. The molecular formula is C9H16O2. The minimum Gasteiger partial charge on any atom is -0.377 e. The molecule has 0 spiro atoms. The van der Waals surface area contributed by atoms with Crippen LogP contribution in [0.3, 0.4) is 0 Å². The van der Waals surface area contributed by atoms with Gasteiger partial charge in [0.2, 0.25) is 0 Å². The van der Waals surface area contributed by atoms with Crippen LogP contribution in [0.4, 0.5) is 0 Å². The second-order valence-corrected chi connectivity index (χ2v) is 3.14. The summed E-state index contributed by atoms with van der Waals surface area (Å²) in [6, 6.07) is 0. The molecule has 1 fully saturated rings. The summed E-state index contributed by atoms with van der Waals surface area (Å²) in [5, 5.41) is 0. The van der Waals surface area contributed by atoms with E-state index in [4.69, 9.17) is 4.74 Å². The Bertz CT molecular complexity index is 123. The van der Waals surface area contributed by atoms with E-state index in [0.29, 0.717) is 0 Å². The van der Waals surface area contributed by atoms with Gasteiger partial charge in [-0.05, 0) is 12.8 Å². The average Bonchev–Trinajstić information content (AvgIpc) is 2.47. The summed E-state index contributed by atoms with van der Waals surface area (Å²) in [4.78, 5) is 10.5. The van der Waals surface area contributed by atoms with Gasteiger partial charge in [0, 0.05) is 12.5 Å². The lowest BCUT2D eigenvalue weighted by Gasteiger charge is -2.11. The maximum atomic E-state index is 10.5. The molecule has 0 aromatic carbocycles. The van der Waals surface area contributed by atoms with E-state index in [1.807, 2.05) is 0 Å². The van der Waals surface area contributed by atoms with Crippen LogP contribution in [0.1, 0.15) is 32.6 Å². The van der Waals surface area contributed by atoms with E-state index in [0.717, 1.165) is 25.7 Å². The molecule has 0 N–H and O–H groups in total. The number of hydrogen-bond donors (Lipinski definition) is 0. The smallest absolute Gasteiger partial charge is 0.125 e. The van der Waals surface area contributed by atoms with Crippen molar-refractivity contribution in [3.63, 3.8) is 0 Å². The quantitative estimate of drug-likeness (QED) is 0.580. The van der Waals surface area contributed by atoms with Gasteiger partial charge >= 0.3 is 0 Å².